The Labute approximate surface area is 173 Å². The number of aromatic nitrogens is 3. The van der Waals surface area contributed by atoms with E-state index in [-0.39, 0.29) is 17.0 Å². The van der Waals surface area contributed by atoms with Crippen molar-refractivity contribution < 1.29 is 14.6 Å². The minimum absolute atomic E-state index is 0.0152. The molecule has 1 atom stereocenters. The van der Waals surface area contributed by atoms with Crippen molar-refractivity contribution in [3.8, 4) is 28.3 Å². The van der Waals surface area contributed by atoms with E-state index in [0.717, 1.165) is 41.1 Å². The maximum atomic E-state index is 12.6. The predicted octanol–water partition coefficient (Wildman–Crippen LogP) is 3.68. The molecule has 2 aliphatic heterocycles. The number of carbonyl (C=O) groups is 1. The summed E-state index contributed by atoms with van der Waals surface area (Å²) < 4.78 is 7.99. The summed E-state index contributed by atoms with van der Waals surface area (Å²) in [5.41, 5.74) is 5.02. The average molecular weight is 405 g/mol. The fourth-order valence-electron chi connectivity index (χ4n) is 4.71. The number of H-pyrrole nitrogens is 1. The van der Waals surface area contributed by atoms with Crippen molar-refractivity contribution in [1.82, 2.24) is 14.8 Å². The largest absolute Gasteiger partial charge is 0.492 e. The fourth-order valence-corrected chi connectivity index (χ4v) is 4.71. The van der Waals surface area contributed by atoms with Gasteiger partial charge in [0.15, 0.2) is 5.43 Å². The third kappa shape index (κ3) is 2.69. The quantitative estimate of drug-likeness (QED) is 0.678. The van der Waals surface area contributed by atoms with Gasteiger partial charge in [-0.25, -0.2) is 4.79 Å². The third-order valence-electron chi connectivity index (χ3n) is 6.21. The molecule has 0 amide bonds. The lowest BCUT2D eigenvalue weighted by Crippen LogP contribution is -2.33. The Hall–Kier alpha value is -3.35. The van der Waals surface area contributed by atoms with Gasteiger partial charge in [0.25, 0.3) is 0 Å². The second-order valence-electron chi connectivity index (χ2n) is 9.06. The van der Waals surface area contributed by atoms with Gasteiger partial charge in [-0.2, -0.15) is 5.10 Å². The van der Waals surface area contributed by atoms with Gasteiger partial charge < -0.3 is 14.4 Å². The van der Waals surface area contributed by atoms with Crippen LogP contribution < -0.4 is 10.2 Å². The molecule has 154 valence electrons. The van der Waals surface area contributed by atoms with E-state index in [0.29, 0.717) is 6.61 Å². The molecule has 0 fully saturated rings. The highest BCUT2D eigenvalue weighted by Gasteiger charge is 2.37. The Morgan fingerprint density at radius 1 is 1.27 bits per heavy atom. The van der Waals surface area contributed by atoms with Crippen molar-refractivity contribution in [3.63, 3.8) is 0 Å². The first-order valence-electron chi connectivity index (χ1n) is 10.1. The van der Waals surface area contributed by atoms with E-state index in [2.05, 4.69) is 31.0 Å². The zero-order valence-electron chi connectivity index (χ0n) is 17.2. The number of aromatic carboxylic acids is 1. The Morgan fingerprint density at radius 2 is 2.07 bits per heavy atom. The van der Waals surface area contributed by atoms with Crippen molar-refractivity contribution in [3.05, 3.63) is 57.5 Å². The van der Waals surface area contributed by atoms with Crippen LogP contribution in [0.25, 0.3) is 22.5 Å². The highest BCUT2D eigenvalue weighted by atomic mass is 16.5. The van der Waals surface area contributed by atoms with Crippen LogP contribution in [0, 0.1) is 5.41 Å². The molecule has 5 rings (SSSR count). The fraction of sp³-hybridized carbons (Fsp3) is 0.348. The lowest BCUT2D eigenvalue weighted by molar-refractivity contribution is 0.0693. The molecule has 7 nitrogen and oxygen atoms in total. The van der Waals surface area contributed by atoms with Crippen LogP contribution in [-0.4, -0.2) is 32.4 Å². The Balaban J connectivity index is 1.84. The van der Waals surface area contributed by atoms with Crippen molar-refractivity contribution in [2.75, 3.05) is 6.61 Å². The van der Waals surface area contributed by atoms with Crippen LogP contribution in [0.15, 0.2) is 35.4 Å². The highest BCUT2D eigenvalue weighted by molar-refractivity contribution is 5.88. The van der Waals surface area contributed by atoms with Crippen LogP contribution in [0.1, 0.15) is 48.3 Å². The summed E-state index contributed by atoms with van der Waals surface area (Å²) in [5, 5.41) is 16.6. The Morgan fingerprint density at radius 3 is 2.73 bits per heavy atom. The van der Waals surface area contributed by atoms with E-state index in [4.69, 9.17) is 4.74 Å². The molecule has 0 radical (unpaired) electrons. The van der Waals surface area contributed by atoms with Gasteiger partial charge >= 0.3 is 5.97 Å². The third-order valence-corrected chi connectivity index (χ3v) is 6.21. The number of fused-ring (bicyclic) bond motifs is 5. The van der Waals surface area contributed by atoms with E-state index in [9.17, 15) is 14.7 Å². The molecule has 30 heavy (non-hydrogen) atoms. The van der Waals surface area contributed by atoms with E-state index < -0.39 is 11.4 Å². The summed E-state index contributed by atoms with van der Waals surface area (Å²) in [4.78, 5) is 24.2. The molecular weight excluding hydrogens is 382 g/mol. The van der Waals surface area contributed by atoms with Gasteiger partial charge in [-0.3, -0.25) is 9.89 Å². The molecule has 4 heterocycles. The number of hydrogen-bond donors (Lipinski definition) is 2. The first kappa shape index (κ1) is 18.7. The SMILES string of the molecule is CC(C)(C)C1Cc2c(cc(-c3ccn[nH]3)c3c2CCO3)-c2cc(=O)c(C(=O)O)cn21. The van der Waals surface area contributed by atoms with Crippen molar-refractivity contribution in [1.29, 1.82) is 0 Å². The smallest absolute Gasteiger partial charge is 0.341 e. The van der Waals surface area contributed by atoms with E-state index in [1.54, 1.807) is 6.20 Å². The molecule has 3 aromatic rings. The first-order chi connectivity index (χ1) is 14.3. The zero-order chi connectivity index (χ0) is 21.2. The standard InChI is InChI=1S/C23H23N3O4/c1-23(2,3)20-9-13-12-5-7-30-21(12)15(17-4-6-24-25-17)8-14(13)18-10-19(27)16(22(28)29)11-26(18)20/h4,6,8,10-11,20H,5,7,9H2,1-3H3,(H,24,25)(H,28,29). The van der Waals surface area contributed by atoms with Crippen LogP contribution in [0.2, 0.25) is 0 Å². The Bertz CT molecular complexity index is 1230. The van der Waals surface area contributed by atoms with E-state index in [1.807, 2.05) is 16.7 Å². The topological polar surface area (TPSA) is 97.2 Å². The van der Waals surface area contributed by atoms with Crippen LogP contribution in [0.4, 0.5) is 0 Å². The average Bonchev–Trinajstić information content (AvgIpc) is 3.37. The maximum absolute atomic E-state index is 12.6. The van der Waals surface area contributed by atoms with Crippen LogP contribution >= 0.6 is 0 Å². The second kappa shape index (κ2) is 6.32. The minimum Gasteiger partial charge on any atom is -0.492 e. The van der Waals surface area contributed by atoms with Crippen LogP contribution in [0.3, 0.4) is 0 Å². The van der Waals surface area contributed by atoms with Crippen LogP contribution in [-0.2, 0) is 12.8 Å². The molecule has 0 saturated heterocycles. The number of ether oxygens (including phenoxy) is 1. The summed E-state index contributed by atoms with van der Waals surface area (Å²) in [6, 6.07) is 5.42. The number of nitrogens with zero attached hydrogens (tertiary/aromatic N) is 2. The maximum Gasteiger partial charge on any atom is 0.341 e. The number of nitrogens with one attached hydrogen (secondary N) is 1. The lowest BCUT2D eigenvalue weighted by atomic mass is 9.76. The van der Waals surface area contributed by atoms with Crippen molar-refractivity contribution in [2.45, 2.75) is 39.7 Å². The molecule has 1 unspecified atom stereocenters. The predicted molar refractivity (Wildman–Crippen MR) is 112 cm³/mol. The molecule has 2 aromatic heterocycles. The molecule has 1 aromatic carbocycles. The van der Waals surface area contributed by atoms with E-state index >= 15 is 0 Å². The minimum atomic E-state index is -1.20. The first-order valence-corrected chi connectivity index (χ1v) is 10.1. The summed E-state index contributed by atoms with van der Waals surface area (Å²) in [5.74, 6) is -0.321. The summed E-state index contributed by atoms with van der Waals surface area (Å²) in [6.07, 6.45) is 4.78. The second-order valence-corrected chi connectivity index (χ2v) is 9.06. The molecular formula is C23H23N3O4. The normalized spacial score (nSPS) is 17.1. The van der Waals surface area contributed by atoms with Gasteiger partial charge in [0, 0.05) is 47.6 Å². The molecule has 2 aliphatic rings. The lowest BCUT2D eigenvalue weighted by Gasteiger charge is -2.39. The van der Waals surface area contributed by atoms with Gasteiger partial charge in [-0.1, -0.05) is 20.8 Å². The number of pyridine rings is 1. The summed E-state index contributed by atoms with van der Waals surface area (Å²) >= 11 is 0. The van der Waals surface area contributed by atoms with Gasteiger partial charge in [0.2, 0.25) is 0 Å². The Kier molecular flexibility index (Phi) is 3.93. The van der Waals surface area contributed by atoms with Gasteiger partial charge in [-0.05, 0) is 29.5 Å². The molecule has 2 N–H and O–H groups in total. The monoisotopic (exact) mass is 405 g/mol. The molecule has 7 heteroatoms. The number of aromatic amines is 1. The van der Waals surface area contributed by atoms with Crippen molar-refractivity contribution >= 4 is 5.97 Å². The molecule has 0 bridgehead atoms. The number of benzene rings is 1. The number of carboxylic acid groups (broad SMARTS) is 1. The molecule has 0 saturated carbocycles. The van der Waals surface area contributed by atoms with Crippen molar-refractivity contribution in [2.24, 2.45) is 5.41 Å². The molecule has 0 spiro atoms. The number of carboxylic acids is 1. The summed E-state index contributed by atoms with van der Waals surface area (Å²) in [6.45, 7) is 7.04. The van der Waals surface area contributed by atoms with Gasteiger partial charge in [-0.15, -0.1) is 0 Å². The van der Waals surface area contributed by atoms with Gasteiger partial charge in [0.05, 0.1) is 18.0 Å². The summed E-state index contributed by atoms with van der Waals surface area (Å²) in [7, 11) is 0. The molecule has 0 aliphatic carbocycles. The number of hydrogen-bond acceptors (Lipinski definition) is 4. The zero-order valence-corrected chi connectivity index (χ0v) is 17.2. The highest BCUT2D eigenvalue weighted by Crippen LogP contribution is 2.49. The number of rotatable bonds is 2. The van der Waals surface area contributed by atoms with Crippen LogP contribution in [0.5, 0.6) is 5.75 Å². The van der Waals surface area contributed by atoms with Gasteiger partial charge in [0.1, 0.15) is 11.3 Å². The van der Waals surface area contributed by atoms with E-state index in [1.165, 1.54) is 23.4 Å².